The van der Waals surface area contributed by atoms with E-state index in [0.29, 0.717) is 13.2 Å². The van der Waals surface area contributed by atoms with Crippen LogP contribution in [0.2, 0.25) is 0 Å². The zero-order valence-electron chi connectivity index (χ0n) is 12.2. The molecule has 0 aliphatic heterocycles. The zero-order valence-corrected chi connectivity index (χ0v) is 12.2. The first-order chi connectivity index (χ1) is 9.08. The van der Waals surface area contributed by atoms with Crippen LogP contribution >= 0.6 is 0 Å². The Balaban J connectivity index is 2.57. The fraction of sp³-hybridized carbons (Fsp3) is 0.467. The van der Waals surface area contributed by atoms with Gasteiger partial charge in [-0.15, -0.1) is 0 Å². The molecule has 0 spiro atoms. The molecule has 4 nitrogen and oxygen atoms in total. The van der Waals surface area contributed by atoms with Crippen LogP contribution in [0.1, 0.15) is 24.2 Å². The molecule has 0 fully saturated rings. The van der Waals surface area contributed by atoms with Gasteiger partial charge in [-0.25, -0.2) is 0 Å². The Bertz CT molecular complexity index is 560. The third-order valence-corrected chi connectivity index (χ3v) is 3.50. The van der Waals surface area contributed by atoms with Crippen molar-refractivity contribution in [2.45, 2.75) is 19.9 Å². The number of aromatic amines is 1. The van der Waals surface area contributed by atoms with Gasteiger partial charge in [-0.2, -0.15) is 0 Å². The fourth-order valence-electron chi connectivity index (χ4n) is 2.60. The number of nitrogens with two attached hydrogens (primary N) is 1. The number of ether oxygens (including phenoxy) is 1. The van der Waals surface area contributed by atoms with Crippen molar-refractivity contribution in [1.29, 1.82) is 0 Å². The van der Waals surface area contributed by atoms with Crippen LogP contribution in [0.15, 0.2) is 18.2 Å². The van der Waals surface area contributed by atoms with Crippen molar-refractivity contribution >= 4 is 10.9 Å². The van der Waals surface area contributed by atoms with Crippen molar-refractivity contribution < 1.29 is 4.74 Å². The van der Waals surface area contributed by atoms with Crippen LogP contribution in [-0.2, 0) is 0 Å². The quantitative estimate of drug-likeness (QED) is 0.869. The monoisotopic (exact) mass is 261 g/mol. The molecule has 0 bridgehead atoms. The van der Waals surface area contributed by atoms with Gasteiger partial charge in [-0.05, 0) is 51.7 Å². The molecule has 0 amide bonds. The van der Waals surface area contributed by atoms with E-state index in [-0.39, 0.29) is 6.04 Å². The predicted octanol–water partition coefficient (Wildman–Crippen LogP) is 2.44. The Labute approximate surface area is 114 Å². The van der Waals surface area contributed by atoms with Gasteiger partial charge in [0.25, 0.3) is 0 Å². The average molecular weight is 261 g/mol. The zero-order chi connectivity index (χ0) is 14.0. The highest BCUT2D eigenvalue weighted by Gasteiger charge is 2.19. The predicted molar refractivity (Wildman–Crippen MR) is 79.7 cm³/mol. The summed E-state index contributed by atoms with van der Waals surface area (Å²) in [6.45, 7) is 5.37. The SMILES string of the molecule is CCOc1ccc2[nH]c(C)c(C(CN)N(C)C)c2c1. The summed E-state index contributed by atoms with van der Waals surface area (Å²) >= 11 is 0. The van der Waals surface area contributed by atoms with Gasteiger partial charge in [-0.3, -0.25) is 0 Å². The van der Waals surface area contributed by atoms with E-state index in [1.807, 2.05) is 13.0 Å². The summed E-state index contributed by atoms with van der Waals surface area (Å²) in [7, 11) is 4.12. The van der Waals surface area contributed by atoms with Gasteiger partial charge in [-0.1, -0.05) is 0 Å². The standard InChI is InChI=1S/C15H23N3O/c1-5-19-11-6-7-13-12(8-11)15(10(2)17-13)14(9-16)18(3)4/h6-8,14,17H,5,9,16H2,1-4H3. The van der Waals surface area contributed by atoms with Crippen LogP contribution in [0.25, 0.3) is 10.9 Å². The molecule has 0 aliphatic carbocycles. The molecule has 0 saturated heterocycles. The Hall–Kier alpha value is -1.52. The topological polar surface area (TPSA) is 54.3 Å². The second kappa shape index (κ2) is 5.63. The van der Waals surface area contributed by atoms with Gasteiger partial charge in [0.15, 0.2) is 0 Å². The Morgan fingerprint density at radius 1 is 1.37 bits per heavy atom. The number of fused-ring (bicyclic) bond motifs is 1. The Morgan fingerprint density at radius 3 is 2.68 bits per heavy atom. The number of hydrogen-bond donors (Lipinski definition) is 2. The lowest BCUT2D eigenvalue weighted by Gasteiger charge is -2.23. The number of benzene rings is 1. The van der Waals surface area contributed by atoms with Crippen LogP contribution < -0.4 is 10.5 Å². The first-order valence-electron chi connectivity index (χ1n) is 6.70. The number of rotatable bonds is 5. The molecule has 1 aromatic heterocycles. The molecule has 104 valence electrons. The molecular weight excluding hydrogens is 238 g/mol. The number of aryl methyl sites for hydroxylation is 1. The van der Waals surface area contributed by atoms with Crippen molar-refractivity contribution in [2.24, 2.45) is 5.73 Å². The highest BCUT2D eigenvalue weighted by molar-refractivity contribution is 5.86. The molecule has 0 radical (unpaired) electrons. The first-order valence-corrected chi connectivity index (χ1v) is 6.70. The van der Waals surface area contributed by atoms with Gasteiger partial charge < -0.3 is 20.4 Å². The van der Waals surface area contributed by atoms with E-state index in [0.717, 1.165) is 11.3 Å². The molecule has 4 heteroatoms. The fourth-order valence-corrected chi connectivity index (χ4v) is 2.60. The number of hydrogen-bond acceptors (Lipinski definition) is 3. The molecule has 3 N–H and O–H groups in total. The van der Waals surface area contributed by atoms with E-state index in [4.69, 9.17) is 10.5 Å². The molecule has 19 heavy (non-hydrogen) atoms. The molecule has 1 aromatic carbocycles. The van der Waals surface area contributed by atoms with Gasteiger partial charge in [0, 0.05) is 29.2 Å². The minimum atomic E-state index is 0.214. The lowest BCUT2D eigenvalue weighted by atomic mass is 10.0. The van der Waals surface area contributed by atoms with Crippen molar-refractivity contribution in [3.63, 3.8) is 0 Å². The van der Waals surface area contributed by atoms with E-state index >= 15 is 0 Å². The number of nitrogens with zero attached hydrogens (tertiary/aromatic N) is 1. The number of H-pyrrole nitrogens is 1. The van der Waals surface area contributed by atoms with Crippen LogP contribution in [0.5, 0.6) is 5.75 Å². The molecule has 0 saturated carbocycles. The average Bonchev–Trinajstić information content (AvgIpc) is 2.67. The largest absolute Gasteiger partial charge is 0.494 e. The van der Waals surface area contributed by atoms with Crippen molar-refractivity contribution in [1.82, 2.24) is 9.88 Å². The first kappa shape index (κ1) is 13.9. The molecule has 1 heterocycles. The highest BCUT2D eigenvalue weighted by Crippen LogP contribution is 2.32. The second-order valence-electron chi connectivity index (χ2n) is 5.02. The van der Waals surface area contributed by atoms with Gasteiger partial charge >= 0.3 is 0 Å². The third-order valence-electron chi connectivity index (χ3n) is 3.50. The molecule has 2 aromatic rings. The minimum Gasteiger partial charge on any atom is -0.494 e. The minimum absolute atomic E-state index is 0.214. The Kier molecular flexibility index (Phi) is 4.12. The molecule has 0 aliphatic rings. The normalized spacial score (nSPS) is 13.2. The van der Waals surface area contributed by atoms with Gasteiger partial charge in [0.2, 0.25) is 0 Å². The summed E-state index contributed by atoms with van der Waals surface area (Å²) in [5, 5.41) is 1.20. The summed E-state index contributed by atoms with van der Waals surface area (Å²) in [5.41, 5.74) is 9.51. The van der Waals surface area contributed by atoms with Crippen LogP contribution in [0.4, 0.5) is 0 Å². The van der Waals surface area contributed by atoms with E-state index in [2.05, 4.69) is 43.0 Å². The maximum Gasteiger partial charge on any atom is 0.120 e. The lowest BCUT2D eigenvalue weighted by molar-refractivity contribution is 0.306. The van der Waals surface area contributed by atoms with Crippen molar-refractivity contribution in [3.05, 3.63) is 29.5 Å². The Morgan fingerprint density at radius 2 is 2.11 bits per heavy atom. The van der Waals surface area contributed by atoms with Gasteiger partial charge in [0.1, 0.15) is 5.75 Å². The summed E-state index contributed by atoms with van der Waals surface area (Å²) in [6.07, 6.45) is 0. The third kappa shape index (κ3) is 2.60. The van der Waals surface area contributed by atoms with Crippen molar-refractivity contribution in [2.75, 3.05) is 27.2 Å². The molecular formula is C15H23N3O. The summed E-state index contributed by atoms with van der Waals surface area (Å²) in [5.74, 6) is 0.907. The van der Waals surface area contributed by atoms with E-state index < -0.39 is 0 Å². The maximum absolute atomic E-state index is 5.93. The maximum atomic E-state index is 5.93. The number of likely N-dealkylation sites (N-methyl/N-ethyl adjacent to an activating group) is 1. The van der Waals surface area contributed by atoms with E-state index in [9.17, 15) is 0 Å². The highest BCUT2D eigenvalue weighted by atomic mass is 16.5. The van der Waals surface area contributed by atoms with Crippen LogP contribution in [0, 0.1) is 6.92 Å². The van der Waals surface area contributed by atoms with Crippen LogP contribution in [-0.4, -0.2) is 37.1 Å². The summed E-state index contributed by atoms with van der Waals surface area (Å²) in [4.78, 5) is 5.58. The number of aromatic nitrogens is 1. The molecule has 2 rings (SSSR count). The van der Waals surface area contributed by atoms with E-state index in [1.165, 1.54) is 16.6 Å². The van der Waals surface area contributed by atoms with Crippen LogP contribution in [0.3, 0.4) is 0 Å². The smallest absolute Gasteiger partial charge is 0.120 e. The molecule has 1 unspecified atom stereocenters. The number of nitrogens with one attached hydrogen (secondary N) is 1. The van der Waals surface area contributed by atoms with Gasteiger partial charge in [0.05, 0.1) is 6.61 Å². The molecule has 1 atom stereocenters. The summed E-state index contributed by atoms with van der Waals surface area (Å²) < 4.78 is 5.59. The van der Waals surface area contributed by atoms with Crippen molar-refractivity contribution in [3.8, 4) is 5.75 Å². The lowest BCUT2D eigenvalue weighted by Crippen LogP contribution is -2.27. The summed E-state index contributed by atoms with van der Waals surface area (Å²) in [6, 6.07) is 6.38. The second-order valence-corrected chi connectivity index (χ2v) is 5.02. The van der Waals surface area contributed by atoms with E-state index in [1.54, 1.807) is 0 Å².